The van der Waals surface area contributed by atoms with Gasteiger partial charge in [0.2, 0.25) is 11.8 Å². The Hall–Kier alpha value is -2.33. The lowest BCUT2D eigenvalue weighted by Crippen LogP contribution is -2.50. The maximum Gasteiger partial charge on any atom is 0.242 e. The maximum atomic E-state index is 13.3. The summed E-state index contributed by atoms with van der Waals surface area (Å²) in [6, 6.07) is 13.0. The van der Waals surface area contributed by atoms with Crippen molar-refractivity contribution >= 4 is 23.4 Å². The molecule has 0 radical (unpaired) electrons. The van der Waals surface area contributed by atoms with Crippen LogP contribution >= 0.6 is 11.6 Å². The first kappa shape index (κ1) is 23.0. The smallest absolute Gasteiger partial charge is 0.242 e. The van der Waals surface area contributed by atoms with E-state index in [0.717, 1.165) is 28.7 Å². The third kappa shape index (κ3) is 6.60. The van der Waals surface area contributed by atoms with E-state index in [4.69, 9.17) is 11.6 Å². The van der Waals surface area contributed by atoms with Gasteiger partial charge in [0, 0.05) is 17.6 Å². The van der Waals surface area contributed by atoms with Gasteiger partial charge in [0.1, 0.15) is 6.04 Å². The van der Waals surface area contributed by atoms with Crippen molar-refractivity contribution in [3.05, 3.63) is 69.7 Å². The van der Waals surface area contributed by atoms with Gasteiger partial charge in [0.05, 0.1) is 6.42 Å². The van der Waals surface area contributed by atoms with E-state index in [1.165, 1.54) is 0 Å². The van der Waals surface area contributed by atoms with Gasteiger partial charge in [-0.05, 0) is 51.3 Å². The van der Waals surface area contributed by atoms with Gasteiger partial charge in [-0.1, -0.05) is 66.0 Å². The zero-order valence-corrected chi connectivity index (χ0v) is 18.7. The monoisotopic (exact) mass is 414 g/mol. The Morgan fingerprint density at radius 3 is 2.28 bits per heavy atom. The molecule has 5 heteroatoms. The number of carbonyl (C=O) groups is 2. The van der Waals surface area contributed by atoms with Gasteiger partial charge in [-0.25, -0.2) is 0 Å². The second-order valence-corrected chi connectivity index (χ2v) is 8.19. The highest BCUT2D eigenvalue weighted by molar-refractivity contribution is 6.31. The minimum atomic E-state index is -0.598. The molecule has 156 valence electrons. The van der Waals surface area contributed by atoms with E-state index in [9.17, 15) is 9.59 Å². The van der Waals surface area contributed by atoms with Crippen LogP contribution in [-0.2, 0) is 22.6 Å². The molecule has 2 atom stereocenters. The SMILES string of the molecule is CC[C@@H](C)NC(=O)[C@H](C)N(Cc1ccccc1Cl)C(=O)Cc1cc(C)cc(C)c1. The van der Waals surface area contributed by atoms with Crippen LogP contribution in [0.1, 0.15) is 49.4 Å². The second-order valence-electron chi connectivity index (χ2n) is 7.78. The predicted molar refractivity (Wildman–Crippen MR) is 119 cm³/mol. The predicted octanol–water partition coefficient (Wildman–Crippen LogP) is 4.83. The van der Waals surface area contributed by atoms with Crippen molar-refractivity contribution in [2.75, 3.05) is 0 Å². The molecule has 0 saturated carbocycles. The van der Waals surface area contributed by atoms with Crippen LogP contribution in [-0.4, -0.2) is 28.8 Å². The van der Waals surface area contributed by atoms with Crippen molar-refractivity contribution in [2.24, 2.45) is 0 Å². The van der Waals surface area contributed by atoms with Crippen LogP contribution < -0.4 is 5.32 Å². The van der Waals surface area contributed by atoms with E-state index in [-0.39, 0.29) is 24.3 Å². The quantitative estimate of drug-likeness (QED) is 0.672. The van der Waals surface area contributed by atoms with Crippen LogP contribution in [0.3, 0.4) is 0 Å². The lowest BCUT2D eigenvalue weighted by Gasteiger charge is -2.30. The van der Waals surface area contributed by atoms with Gasteiger partial charge in [-0.2, -0.15) is 0 Å². The molecule has 0 aliphatic carbocycles. The largest absolute Gasteiger partial charge is 0.352 e. The highest BCUT2D eigenvalue weighted by Crippen LogP contribution is 2.20. The van der Waals surface area contributed by atoms with Crippen molar-refractivity contribution in [3.63, 3.8) is 0 Å². The molecule has 0 aliphatic heterocycles. The second kappa shape index (κ2) is 10.4. The molecule has 0 aromatic heterocycles. The molecule has 2 aromatic rings. The van der Waals surface area contributed by atoms with Gasteiger partial charge in [0.15, 0.2) is 0 Å². The van der Waals surface area contributed by atoms with E-state index in [2.05, 4.69) is 11.4 Å². The zero-order chi connectivity index (χ0) is 21.6. The summed E-state index contributed by atoms with van der Waals surface area (Å²) >= 11 is 6.33. The normalized spacial score (nSPS) is 12.9. The standard InChI is InChI=1S/C24H31ClN2O2/c1-6-18(4)26-24(29)19(5)27(15-21-9-7-8-10-22(21)25)23(28)14-20-12-16(2)11-17(3)13-20/h7-13,18-19H,6,14-15H2,1-5H3,(H,26,29)/t18-,19+/m1/s1. The Morgan fingerprint density at radius 2 is 1.69 bits per heavy atom. The number of carbonyl (C=O) groups excluding carboxylic acids is 2. The highest BCUT2D eigenvalue weighted by Gasteiger charge is 2.27. The molecule has 0 spiro atoms. The molecular weight excluding hydrogens is 384 g/mol. The van der Waals surface area contributed by atoms with Crippen molar-refractivity contribution in [3.8, 4) is 0 Å². The first-order valence-corrected chi connectivity index (χ1v) is 10.5. The van der Waals surface area contributed by atoms with Gasteiger partial charge in [0.25, 0.3) is 0 Å². The number of nitrogens with one attached hydrogen (secondary N) is 1. The fraction of sp³-hybridized carbons (Fsp3) is 0.417. The molecule has 0 fully saturated rings. The van der Waals surface area contributed by atoms with Crippen LogP contribution in [0.15, 0.2) is 42.5 Å². The molecule has 0 unspecified atom stereocenters. The Bertz CT molecular complexity index is 845. The maximum absolute atomic E-state index is 13.3. The molecule has 2 aromatic carbocycles. The van der Waals surface area contributed by atoms with Crippen LogP contribution in [0.25, 0.3) is 0 Å². The third-order valence-electron chi connectivity index (χ3n) is 5.10. The summed E-state index contributed by atoms with van der Waals surface area (Å²) in [5.41, 5.74) is 4.01. The molecule has 29 heavy (non-hydrogen) atoms. The Balaban J connectivity index is 2.28. The highest BCUT2D eigenvalue weighted by atomic mass is 35.5. The van der Waals surface area contributed by atoms with Crippen molar-refractivity contribution in [1.82, 2.24) is 10.2 Å². The number of nitrogens with zero attached hydrogens (tertiary/aromatic N) is 1. The number of hydrogen-bond acceptors (Lipinski definition) is 2. The summed E-state index contributed by atoms with van der Waals surface area (Å²) in [6.45, 7) is 10.1. The van der Waals surface area contributed by atoms with Crippen LogP contribution in [0.4, 0.5) is 0 Å². The third-order valence-corrected chi connectivity index (χ3v) is 5.47. The number of hydrogen-bond donors (Lipinski definition) is 1. The molecule has 0 aliphatic rings. The number of aryl methyl sites for hydroxylation is 2. The molecular formula is C24H31ClN2O2. The number of rotatable bonds is 8. The average Bonchev–Trinajstić information content (AvgIpc) is 2.65. The van der Waals surface area contributed by atoms with E-state index in [0.29, 0.717) is 11.6 Å². The summed E-state index contributed by atoms with van der Waals surface area (Å²) in [4.78, 5) is 27.6. The van der Waals surface area contributed by atoms with Crippen molar-refractivity contribution < 1.29 is 9.59 Å². The van der Waals surface area contributed by atoms with E-state index in [1.54, 1.807) is 17.9 Å². The summed E-state index contributed by atoms with van der Waals surface area (Å²) in [5, 5.41) is 3.57. The minimum Gasteiger partial charge on any atom is -0.352 e. The molecule has 1 N–H and O–H groups in total. The van der Waals surface area contributed by atoms with Crippen molar-refractivity contribution in [1.29, 1.82) is 0 Å². The van der Waals surface area contributed by atoms with Crippen LogP contribution in [0.2, 0.25) is 5.02 Å². The minimum absolute atomic E-state index is 0.0571. The van der Waals surface area contributed by atoms with E-state index >= 15 is 0 Å². The van der Waals surface area contributed by atoms with E-state index in [1.807, 2.05) is 58.0 Å². The van der Waals surface area contributed by atoms with Crippen LogP contribution in [0.5, 0.6) is 0 Å². The molecule has 0 saturated heterocycles. The lowest BCUT2D eigenvalue weighted by atomic mass is 10.0. The first-order valence-electron chi connectivity index (χ1n) is 10.1. The zero-order valence-electron chi connectivity index (χ0n) is 18.0. The Kier molecular flexibility index (Phi) is 8.27. The van der Waals surface area contributed by atoms with E-state index < -0.39 is 6.04 Å². The number of halogens is 1. The fourth-order valence-electron chi connectivity index (χ4n) is 3.31. The molecule has 0 bridgehead atoms. The van der Waals surface area contributed by atoms with Crippen LogP contribution in [0, 0.1) is 13.8 Å². The summed E-state index contributed by atoms with van der Waals surface area (Å²) in [5.74, 6) is -0.248. The average molecular weight is 415 g/mol. The lowest BCUT2D eigenvalue weighted by molar-refractivity contribution is -0.140. The van der Waals surface area contributed by atoms with Crippen molar-refractivity contribution in [2.45, 2.75) is 66.1 Å². The van der Waals surface area contributed by atoms with Gasteiger partial charge < -0.3 is 10.2 Å². The Morgan fingerprint density at radius 1 is 1.07 bits per heavy atom. The number of benzene rings is 2. The number of amides is 2. The molecule has 2 amide bonds. The summed E-state index contributed by atoms with van der Waals surface area (Å²) < 4.78 is 0. The fourth-order valence-corrected chi connectivity index (χ4v) is 3.50. The Labute approximate surface area is 179 Å². The molecule has 0 heterocycles. The molecule has 4 nitrogen and oxygen atoms in total. The van der Waals surface area contributed by atoms with Gasteiger partial charge in [-0.3, -0.25) is 9.59 Å². The molecule has 2 rings (SSSR count). The van der Waals surface area contributed by atoms with Gasteiger partial charge >= 0.3 is 0 Å². The topological polar surface area (TPSA) is 49.4 Å². The first-order chi connectivity index (χ1) is 13.7. The summed E-state index contributed by atoms with van der Waals surface area (Å²) in [7, 11) is 0. The van der Waals surface area contributed by atoms with Gasteiger partial charge in [-0.15, -0.1) is 0 Å². The summed E-state index contributed by atoms with van der Waals surface area (Å²) in [6.07, 6.45) is 1.08.